The first-order valence-electron chi connectivity index (χ1n) is 8.24. The number of thiophene rings is 1. The number of halogens is 1. The molecule has 0 bridgehead atoms. The van der Waals surface area contributed by atoms with Gasteiger partial charge in [-0.05, 0) is 43.7 Å². The zero-order valence-corrected chi connectivity index (χ0v) is 17.0. The van der Waals surface area contributed by atoms with Crippen molar-refractivity contribution in [1.82, 2.24) is 4.98 Å². The predicted octanol–water partition coefficient (Wildman–Crippen LogP) is 4.84. The van der Waals surface area contributed by atoms with Crippen LogP contribution >= 0.6 is 22.9 Å². The Morgan fingerprint density at radius 3 is 2.74 bits per heavy atom. The Morgan fingerprint density at radius 2 is 2.04 bits per heavy atom. The number of benzene rings is 1. The van der Waals surface area contributed by atoms with E-state index in [1.54, 1.807) is 29.5 Å². The second-order valence-corrected chi connectivity index (χ2v) is 9.56. The molecule has 138 valence electrons. The molecule has 4 rings (SSSR count). The third kappa shape index (κ3) is 3.38. The lowest BCUT2D eigenvalue weighted by atomic mass is 10.0. The fourth-order valence-electron chi connectivity index (χ4n) is 3.12. The Bertz CT molecular complexity index is 1230. The van der Waals surface area contributed by atoms with Crippen LogP contribution in [0, 0.1) is 13.8 Å². The van der Waals surface area contributed by atoms with E-state index >= 15 is 0 Å². The lowest BCUT2D eigenvalue weighted by molar-refractivity contribution is 0.601. The highest BCUT2D eigenvalue weighted by atomic mass is 35.5. The van der Waals surface area contributed by atoms with Crippen molar-refractivity contribution in [2.75, 3.05) is 11.3 Å². The number of pyridine rings is 1. The third-order valence-electron chi connectivity index (χ3n) is 4.25. The Labute approximate surface area is 166 Å². The molecule has 0 fully saturated rings. The number of hydrogen-bond acceptors (Lipinski definition) is 5. The summed E-state index contributed by atoms with van der Waals surface area (Å²) in [5.41, 5.74) is 3.23. The lowest BCUT2D eigenvalue weighted by Gasteiger charge is -2.12. The quantitative estimate of drug-likeness (QED) is 0.660. The normalized spacial score (nSPS) is 14.0. The number of anilines is 1. The van der Waals surface area contributed by atoms with E-state index in [4.69, 9.17) is 11.6 Å². The lowest BCUT2D eigenvalue weighted by Crippen LogP contribution is -2.13. The predicted molar refractivity (Wildman–Crippen MR) is 113 cm³/mol. The second kappa shape index (κ2) is 6.74. The maximum absolute atomic E-state index is 12.9. The second-order valence-electron chi connectivity index (χ2n) is 6.24. The SMILES string of the molecule is Cc1cc(NS(=O)(=O)c2cccc(Cl)c2)c2c(C3=CCN=C3)c(C)sc2n1. The van der Waals surface area contributed by atoms with Gasteiger partial charge in [0.2, 0.25) is 0 Å². The van der Waals surface area contributed by atoms with Crippen molar-refractivity contribution in [3.05, 3.63) is 57.6 Å². The number of aryl methyl sites for hydroxylation is 2. The topological polar surface area (TPSA) is 71.4 Å². The zero-order chi connectivity index (χ0) is 19.2. The third-order valence-corrected chi connectivity index (χ3v) is 6.85. The summed E-state index contributed by atoms with van der Waals surface area (Å²) in [6.45, 7) is 4.50. The standard InChI is InChI=1S/C19H16ClN3O2S2/c1-11-8-16(23-27(24,25)15-5-3-4-14(20)9-15)18-17(13-6-7-21-10-13)12(2)26-19(18)22-11/h3-6,8-10H,7H2,1-2H3,(H,22,23). The molecule has 0 saturated heterocycles. The summed E-state index contributed by atoms with van der Waals surface area (Å²) >= 11 is 7.51. The molecule has 0 spiro atoms. The molecular formula is C19H16ClN3O2S2. The summed E-state index contributed by atoms with van der Waals surface area (Å²) in [5, 5.41) is 1.17. The number of aliphatic imine (C=N–C) groups is 1. The number of aromatic nitrogens is 1. The van der Waals surface area contributed by atoms with E-state index in [9.17, 15) is 8.42 Å². The fraction of sp³-hybridized carbons (Fsp3) is 0.158. The largest absolute Gasteiger partial charge is 0.288 e. The van der Waals surface area contributed by atoms with Gasteiger partial charge in [-0.1, -0.05) is 23.7 Å². The molecule has 1 aliphatic rings. The monoisotopic (exact) mass is 417 g/mol. The summed E-state index contributed by atoms with van der Waals surface area (Å²) in [5.74, 6) is 0. The van der Waals surface area contributed by atoms with E-state index in [0.29, 0.717) is 17.3 Å². The molecule has 2 aromatic heterocycles. The highest BCUT2D eigenvalue weighted by Crippen LogP contribution is 2.40. The highest BCUT2D eigenvalue weighted by molar-refractivity contribution is 7.92. The zero-order valence-electron chi connectivity index (χ0n) is 14.7. The summed E-state index contributed by atoms with van der Waals surface area (Å²) in [6, 6.07) is 7.96. The summed E-state index contributed by atoms with van der Waals surface area (Å²) in [4.78, 5) is 10.8. The Hall–Kier alpha value is -2.22. The Balaban J connectivity index is 1.90. The molecule has 3 aromatic rings. The van der Waals surface area contributed by atoms with E-state index < -0.39 is 10.0 Å². The molecule has 0 saturated carbocycles. The van der Waals surface area contributed by atoms with Crippen molar-refractivity contribution < 1.29 is 8.42 Å². The molecule has 1 aromatic carbocycles. The fourth-order valence-corrected chi connectivity index (χ4v) is 5.60. The molecule has 0 radical (unpaired) electrons. The molecule has 0 aliphatic carbocycles. The summed E-state index contributed by atoms with van der Waals surface area (Å²) in [6.07, 6.45) is 3.85. The van der Waals surface area contributed by atoms with Gasteiger partial charge in [0.05, 0.1) is 17.1 Å². The van der Waals surface area contributed by atoms with Crippen LogP contribution < -0.4 is 4.72 Å². The molecule has 0 amide bonds. The first-order valence-corrected chi connectivity index (χ1v) is 10.9. The smallest absolute Gasteiger partial charge is 0.261 e. The van der Waals surface area contributed by atoms with Gasteiger partial charge < -0.3 is 0 Å². The van der Waals surface area contributed by atoms with Gasteiger partial charge in [0, 0.05) is 32.8 Å². The minimum atomic E-state index is -3.79. The van der Waals surface area contributed by atoms with Crippen molar-refractivity contribution >= 4 is 60.7 Å². The van der Waals surface area contributed by atoms with Crippen molar-refractivity contribution in [1.29, 1.82) is 0 Å². The van der Waals surface area contributed by atoms with Gasteiger partial charge in [0.25, 0.3) is 10.0 Å². The molecule has 0 atom stereocenters. The van der Waals surface area contributed by atoms with Crippen LogP contribution in [0.5, 0.6) is 0 Å². The van der Waals surface area contributed by atoms with Crippen molar-refractivity contribution in [2.45, 2.75) is 18.7 Å². The number of hydrogen-bond donors (Lipinski definition) is 1. The van der Waals surface area contributed by atoms with Crippen LogP contribution in [0.25, 0.3) is 15.8 Å². The van der Waals surface area contributed by atoms with Crippen LogP contribution in [0.1, 0.15) is 16.1 Å². The molecule has 27 heavy (non-hydrogen) atoms. The number of nitrogens with zero attached hydrogens (tertiary/aromatic N) is 2. The number of rotatable bonds is 4. The maximum Gasteiger partial charge on any atom is 0.261 e. The van der Waals surface area contributed by atoms with Gasteiger partial charge in [-0.25, -0.2) is 13.4 Å². The number of nitrogens with one attached hydrogen (secondary N) is 1. The van der Waals surface area contributed by atoms with Crippen LogP contribution in [0.4, 0.5) is 5.69 Å². The average molecular weight is 418 g/mol. The van der Waals surface area contributed by atoms with Crippen LogP contribution in [-0.4, -0.2) is 26.2 Å². The number of sulfonamides is 1. The van der Waals surface area contributed by atoms with Crippen molar-refractivity contribution in [3.8, 4) is 0 Å². The van der Waals surface area contributed by atoms with Gasteiger partial charge in [0.15, 0.2) is 0 Å². The Kier molecular flexibility index (Phi) is 4.53. The molecule has 1 aliphatic heterocycles. The molecule has 0 unspecified atom stereocenters. The highest BCUT2D eigenvalue weighted by Gasteiger charge is 2.22. The van der Waals surface area contributed by atoms with E-state index in [0.717, 1.165) is 31.9 Å². The van der Waals surface area contributed by atoms with Gasteiger partial charge in [-0.2, -0.15) is 0 Å². The van der Waals surface area contributed by atoms with Gasteiger partial charge in [-0.3, -0.25) is 9.71 Å². The van der Waals surface area contributed by atoms with Crippen molar-refractivity contribution in [3.63, 3.8) is 0 Å². The molecule has 8 heteroatoms. The molecule has 5 nitrogen and oxygen atoms in total. The van der Waals surface area contributed by atoms with Crippen LogP contribution in [0.15, 0.2) is 46.3 Å². The minimum Gasteiger partial charge on any atom is -0.288 e. The van der Waals surface area contributed by atoms with E-state index in [1.165, 1.54) is 12.1 Å². The first kappa shape index (κ1) is 18.2. The number of allylic oxidation sites excluding steroid dienone is 1. The summed E-state index contributed by atoms with van der Waals surface area (Å²) in [7, 11) is -3.79. The molecule has 1 N–H and O–H groups in total. The first-order chi connectivity index (χ1) is 12.8. The van der Waals surface area contributed by atoms with Gasteiger partial charge in [0.1, 0.15) is 4.83 Å². The maximum atomic E-state index is 12.9. The minimum absolute atomic E-state index is 0.118. The van der Waals surface area contributed by atoms with E-state index in [2.05, 4.69) is 14.7 Å². The van der Waals surface area contributed by atoms with Crippen molar-refractivity contribution in [2.24, 2.45) is 4.99 Å². The molecule has 3 heterocycles. The van der Waals surface area contributed by atoms with E-state index in [1.807, 2.05) is 26.1 Å². The van der Waals surface area contributed by atoms with Gasteiger partial charge in [-0.15, -0.1) is 11.3 Å². The summed E-state index contributed by atoms with van der Waals surface area (Å²) < 4.78 is 28.6. The van der Waals surface area contributed by atoms with Crippen LogP contribution in [0.3, 0.4) is 0 Å². The van der Waals surface area contributed by atoms with Gasteiger partial charge >= 0.3 is 0 Å². The molecular weight excluding hydrogens is 402 g/mol. The average Bonchev–Trinajstić information content (AvgIpc) is 3.21. The van der Waals surface area contributed by atoms with Crippen LogP contribution in [0.2, 0.25) is 5.02 Å². The van der Waals surface area contributed by atoms with E-state index in [-0.39, 0.29) is 4.90 Å². The number of fused-ring (bicyclic) bond motifs is 1. The Morgan fingerprint density at radius 1 is 1.22 bits per heavy atom. The van der Waals surface area contributed by atoms with Crippen LogP contribution in [-0.2, 0) is 10.0 Å².